The molecule has 6 heteroatoms. The third-order valence-electron chi connectivity index (χ3n) is 3.73. The molecule has 0 aliphatic carbocycles. The predicted octanol–water partition coefficient (Wildman–Crippen LogP) is 7.12. The fourth-order valence-electron chi connectivity index (χ4n) is 2.43. The second-order valence-electron chi connectivity index (χ2n) is 7.12. The zero-order valence-electron chi connectivity index (χ0n) is 17.1. The summed E-state index contributed by atoms with van der Waals surface area (Å²) in [6.45, 7) is 14.2. The molecule has 0 aliphatic rings. The molecule has 27 heavy (non-hydrogen) atoms. The average Bonchev–Trinajstić information content (AvgIpc) is 2.57. The van der Waals surface area contributed by atoms with E-state index in [4.69, 9.17) is 14.3 Å². The molecule has 1 aromatic rings. The third kappa shape index (κ3) is 9.15. The van der Waals surface area contributed by atoms with Crippen molar-refractivity contribution in [2.24, 2.45) is 5.16 Å². The van der Waals surface area contributed by atoms with Gasteiger partial charge in [0.1, 0.15) is 24.7 Å². The molecule has 0 N–H and O–H groups in total. The van der Waals surface area contributed by atoms with Crippen LogP contribution in [0.4, 0.5) is 0 Å². The number of benzene rings is 1. The zero-order chi connectivity index (χ0) is 20.4. The maximum atomic E-state index is 6.18. The molecule has 0 radical (unpaired) electrons. The van der Waals surface area contributed by atoms with E-state index in [1.807, 2.05) is 19.9 Å². The van der Waals surface area contributed by atoms with Crippen LogP contribution < -0.4 is 9.47 Å². The van der Waals surface area contributed by atoms with E-state index >= 15 is 0 Å². The summed E-state index contributed by atoms with van der Waals surface area (Å²) in [4.78, 5) is 5.25. The number of halogens is 2. The topological polar surface area (TPSA) is 40.0 Å². The Labute approximate surface area is 180 Å². The number of nitrogens with zero attached hydrogens (tertiary/aromatic N) is 1. The molecule has 0 bridgehead atoms. The molecular formula is C21H31Br2NO3. The molecule has 0 atom stereocenters. The van der Waals surface area contributed by atoms with Gasteiger partial charge >= 0.3 is 0 Å². The van der Waals surface area contributed by atoms with E-state index < -0.39 is 0 Å². The maximum Gasteiger partial charge on any atom is 0.126 e. The van der Waals surface area contributed by atoms with Crippen LogP contribution in [-0.2, 0) is 4.84 Å². The van der Waals surface area contributed by atoms with Gasteiger partial charge in [0.2, 0.25) is 0 Å². The van der Waals surface area contributed by atoms with E-state index in [0.717, 1.165) is 27.0 Å². The van der Waals surface area contributed by atoms with Crippen molar-refractivity contribution in [3.63, 3.8) is 0 Å². The first kappa shape index (κ1) is 24.0. The van der Waals surface area contributed by atoms with E-state index in [-0.39, 0.29) is 0 Å². The highest BCUT2D eigenvalue weighted by atomic mass is 79.9. The lowest BCUT2D eigenvalue weighted by Gasteiger charge is -2.21. The van der Waals surface area contributed by atoms with Crippen molar-refractivity contribution in [2.75, 3.05) is 19.8 Å². The van der Waals surface area contributed by atoms with Crippen LogP contribution in [0, 0.1) is 0 Å². The minimum atomic E-state index is 0.336. The predicted molar refractivity (Wildman–Crippen MR) is 121 cm³/mol. The average molecular weight is 505 g/mol. The van der Waals surface area contributed by atoms with E-state index in [2.05, 4.69) is 76.8 Å². The summed E-state index contributed by atoms with van der Waals surface area (Å²) in [6, 6.07) is 4.17. The van der Waals surface area contributed by atoms with Crippen molar-refractivity contribution in [1.82, 2.24) is 0 Å². The number of hydrogen-bond acceptors (Lipinski definition) is 4. The molecule has 0 fully saturated rings. The Morgan fingerprint density at radius 1 is 1.00 bits per heavy atom. The van der Waals surface area contributed by atoms with Crippen LogP contribution in [0.3, 0.4) is 0 Å². The molecule has 0 aliphatic heterocycles. The highest BCUT2D eigenvalue weighted by molar-refractivity contribution is 9.28. The van der Waals surface area contributed by atoms with Gasteiger partial charge in [0.05, 0.1) is 15.7 Å². The molecule has 0 amide bonds. The summed E-state index contributed by atoms with van der Waals surface area (Å²) in [5.41, 5.74) is 3.25. The SMILES string of the molecule is CC(C)=NOCCCOc1c(C(C)C)cc(OCC=C(Br)Br)cc1C(C)C. The number of oxime groups is 1. The molecule has 0 saturated heterocycles. The van der Waals surface area contributed by atoms with Crippen molar-refractivity contribution < 1.29 is 14.3 Å². The minimum Gasteiger partial charge on any atom is -0.493 e. The molecule has 152 valence electrons. The van der Waals surface area contributed by atoms with Gasteiger partial charge in [-0.05, 0) is 75.8 Å². The van der Waals surface area contributed by atoms with E-state index in [1.54, 1.807) is 0 Å². The van der Waals surface area contributed by atoms with E-state index in [0.29, 0.717) is 31.7 Å². The first-order valence-corrected chi connectivity index (χ1v) is 10.9. The van der Waals surface area contributed by atoms with Gasteiger partial charge in [0.15, 0.2) is 0 Å². The molecular weight excluding hydrogens is 474 g/mol. The number of ether oxygens (including phenoxy) is 2. The lowest BCUT2D eigenvalue weighted by atomic mass is 9.93. The monoisotopic (exact) mass is 503 g/mol. The van der Waals surface area contributed by atoms with Gasteiger partial charge in [0.25, 0.3) is 0 Å². The van der Waals surface area contributed by atoms with Gasteiger partial charge in [-0.1, -0.05) is 32.9 Å². The zero-order valence-corrected chi connectivity index (χ0v) is 20.3. The van der Waals surface area contributed by atoms with Gasteiger partial charge in [-0.15, -0.1) is 0 Å². The Kier molecular flexibility index (Phi) is 11.1. The van der Waals surface area contributed by atoms with E-state index in [9.17, 15) is 0 Å². The van der Waals surface area contributed by atoms with Crippen molar-refractivity contribution in [3.05, 3.63) is 32.7 Å². The lowest BCUT2D eigenvalue weighted by Crippen LogP contribution is -2.08. The van der Waals surface area contributed by atoms with Crippen LogP contribution in [0.5, 0.6) is 11.5 Å². The Bertz CT molecular complexity index is 618. The standard InChI is InChI=1S/C21H31Br2NO3/c1-14(2)18-12-17(25-11-8-20(22)23)13-19(15(3)4)21(18)26-9-7-10-27-24-16(5)6/h8,12-15H,7,9-11H2,1-6H3. The van der Waals surface area contributed by atoms with Gasteiger partial charge in [-0.2, -0.15) is 0 Å². The Balaban J connectivity index is 2.93. The van der Waals surface area contributed by atoms with Crippen molar-refractivity contribution in [1.29, 1.82) is 0 Å². The normalized spacial score (nSPS) is 10.7. The fraction of sp³-hybridized carbons (Fsp3) is 0.571. The molecule has 0 spiro atoms. The second kappa shape index (κ2) is 12.4. The summed E-state index contributed by atoms with van der Waals surface area (Å²) in [5, 5.41) is 3.95. The maximum absolute atomic E-state index is 6.18. The summed E-state index contributed by atoms with van der Waals surface area (Å²) >= 11 is 6.70. The summed E-state index contributed by atoms with van der Waals surface area (Å²) in [7, 11) is 0. The number of rotatable bonds is 11. The van der Waals surface area contributed by atoms with Crippen molar-refractivity contribution in [2.45, 2.75) is 59.8 Å². The molecule has 0 aromatic heterocycles. The smallest absolute Gasteiger partial charge is 0.126 e. The summed E-state index contributed by atoms with van der Waals surface area (Å²) in [5.74, 6) is 2.51. The quantitative estimate of drug-likeness (QED) is 0.183. The first-order valence-electron chi connectivity index (χ1n) is 9.30. The third-order valence-corrected chi connectivity index (χ3v) is 4.37. The number of hydrogen-bond donors (Lipinski definition) is 0. The van der Waals surface area contributed by atoms with Crippen LogP contribution >= 0.6 is 31.9 Å². The van der Waals surface area contributed by atoms with Crippen molar-refractivity contribution in [3.8, 4) is 11.5 Å². The Morgan fingerprint density at radius 2 is 1.59 bits per heavy atom. The van der Waals surface area contributed by atoms with E-state index in [1.165, 1.54) is 11.1 Å². The van der Waals surface area contributed by atoms with Crippen LogP contribution in [0.1, 0.15) is 70.9 Å². The van der Waals surface area contributed by atoms with Gasteiger partial charge < -0.3 is 14.3 Å². The Morgan fingerprint density at radius 3 is 2.07 bits per heavy atom. The fourth-order valence-corrected chi connectivity index (χ4v) is 2.69. The Hall–Kier alpha value is -1.01. The van der Waals surface area contributed by atoms with Crippen LogP contribution in [0.15, 0.2) is 26.8 Å². The molecule has 1 aromatic carbocycles. The molecule has 4 nitrogen and oxygen atoms in total. The van der Waals surface area contributed by atoms with Gasteiger partial charge in [-0.25, -0.2) is 0 Å². The van der Waals surface area contributed by atoms with Gasteiger partial charge in [0, 0.05) is 17.5 Å². The molecule has 0 unspecified atom stereocenters. The van der Waals surface area contributed by atoms with Crippen LogP contribution in [-0.4, -0.2) is 25.5 Å². The second-order valence-corrected chi connectivity index (χ2v) is 9.89. The molecule has 0 heterocycles. The summed E-state index contributed by atoms with van der Waals surface area (Å²) in [6.07, 6.45) is 2.71. The molecule has 1 rings (SSSR count). The van der Waals surface area contributed by atoms with Crippen LogP contribution in [0.2, 0.25) is 0 Å². The summed E-state index contributed by atoms with van der Waals surface area (Å²) < 4.78 is 13.0. The highest BCUT2D eigenvalue weighted by Crippen LogP contribution is 2.38. The van der Waals surface area contributed by atoms with Crippen molar-refractivity contribution >= 4 is 37.6 Å². The first-order chi connectivity index (χ1) is 12.7. The van der Waals surface area contributed by atoms with Crippen LogP contribution in [0.25, 0.3) is 0 Å². The molecule has 0 saturated carbocycles. The largest absolute Gasteiger partial charge is 0.493 e. The highest BCUT2D eigenvalue weighted by Gasteiger charge is 2.18. The van der Waals surface area contributed by atoms with Gasteiger partial charge in [-0.3, -0.25) is 0 Å². The minimum absolute atomic E-state index is 0.336. The lowest BCUT2D eigenvalue weighted by molar-refractivity contribution is 0.127.